The van der Waals surface area contributed by atoms with Crippen molar-refractivity contribution in [1.29, 1.82) is 0 Å². The summed E-state index contributed by atoms with van der Waals surface area (Å²) in [5, 5.41) is 3.43. The summed E-state index contributed by atoms with van der Waals surface area (Å²) < 4.78 is 8.21. The van der Waals surface area contributed by atoms with Crippen LogP contribution < -0.4 is 5.32 Å². The molecule has 0 bridgehead atoms. The highest BCUT2D eigenvalue weighted by atomic mass is 16.5. The van der Waals surface area contributed by atoms with Crippen LogP contribution in [0.3, 0.4) is 0 Å². The highest BCUT2D eigenvalue weighted by Crippen LogP contribution is 2.40. The zero-order valence-electron chi connectivity index (χ0n) is 12.8. The normalized spacial score (nSPS) is 18.6. The van der Waals surface area contributed by atoms with Gasteiger partial charge in [-0.2, -0.15) is 0 Å². The lowest BCUT2D eigenvalue weighted by atomic mass is 10.2. The molecule has 3 rings (SSSR count). The number of aromatic nitrogens is 2. The lowest BCUT2D eigenvalue weighted by molar-refractivity contribution is 0.105. The van der Waals surface area contributed by atoms with Crippen molar-refractivity contribution in [2.24, 2.45) is 5.92 Å². The summed E-state index contributed by atoms with van der Waals surface area (Å²) >= 11 is 0. The van der Waals surface area contributed by atoms with Crippen LogP contribution in [0.2, 0.25) is 0 Å². The topological polar surface area (TPSA) is 39.1 Å². The second-order valence-electron chi connectivity index (χ2n) is 6.54. The summed E-state index contributed by atoms with van der Waals surface area (Å²) in [5.74, 6) is 2.71. The fourth-order valence-electron chi connectivity index (χ4n) is 2.94. The van der Waals surface area contributed by atoms with Crippen molar-refractivity contribution in [3.8, 4) is 0 Å². The second kappa shape index (κ2) is 6.27. The Bertz CT molecular complexity index is 449. The van der Waals surface area contributed by atoms with E-state index in [9.17, 15) is 0 Å². The minimum Gasteiger partial charge on any atom is -0.381 e. The molecule has 2 heterocycles. The third-order valence-corrected chi connectivity index (χ3v) is 4.08. The van der Waals surface area contributed by atoms with E-state index in [1.807, 2.05) is 0 Å². The molecule has 4 nitrogen and oxygen atoms in total. The molecule has 1 saturated carbocycles. The number of imidazole rings is 1. The number of hydrogen-bond acceptors (Lipinski definition) is 3. The lowest BCUT2D eigenvalue weighted by Gasteiger charge is -2.16. The van der Waals surface area contributed by atoms with Crippen LogP contribution in [0.25, 0.3) is 0 Å². The molecule has 0 atom stereocenters. The van der Waals surface area contributed by atoms with Gasteiger partial charge in [0.2, 0.25) is 0 Å². The largest absolute Gasteiger partial charge is 0.381 e. The first kappa shape index (κ1) is 14.1. The van der Waals surface area contributed by atoms with Gasteiger partial charge < -0.3 is 14.6 Å². The van der Waals surface area contributed by atoms with Crippen LogP contribution in [0, 0.1) is 5.92 Å². The Morgan fingerprint density at radius 3 is 3.00 bits per heavy atom. The van der Waals surface area contributed by atoms with Crippen LogP contribution in [0.4, 0.5) is 0 Å². The van der Waals surface area contributed by atoms with Gasteiger partial charge in [-0.05, 0) is 25.2 Å². The Hall–Kier alpha value is -0.870. The number of hydrogen-bond donors (Lipinski definition) is 1. The molecular formula is C16H27N3O. The summed E-state index contributed by atoms with van der Waals surface area (Å²) in [6, 6.07) is 0. The Kier molecular flexibility index (Phi) is 4.41. The van der Waals surface area contributed by atoms with Crippen molar-refractivity contribution < 1.29 is 4.74 Å². The standard InChI is InChI=1S/C16H27N3O/c1-12(2)11-20-9-3-8-19-15-6-7-17-10-14(15)18-16(19)13-4-5-13/h12-13,17H,3-11H2,1-2H3. The first-order valence-corrected chi connectivity index (χ1v) is 8.12. The van der Waals surface area contributed by atoms with Gasteiger partial charge in [0.05, 0.1) is 5.69 Å². The van der Waals surface area contributed by atoms with Crippen LogP contribution in [-0.2, 0) is 24.2 Å². The van der Waals surface area contributed by atoms with Gasteiger partial charge in [0.25, 0.3) is 0 Å². The molecule has 0 saturated heterocycles. The van der Waals surface area contributed by atoms with Gasteiger partial charge in [0.15, 0.2) is 0 Å². The molecule has 0 spiro atoms. The molecule has 1 fully saturated rings. The predicted molar refractivity (Wildman–Crippen MR) is 79.9 cm³/mol. The minimum absolute atomic E-state index is 0.629. The third kappa shape index (κ3) is 3.23. The Morgan fingerprint density at radius 1 is 1.40 bits per heavy atom. The summed E-state index contributed by atoms with van der Waals surface area (Å²) in [7, 11) is 0. The van der Waals surface area contributed by atoms with Crippen molar-refractivity contribution in [1.82, 2.24) is 14.9 Å². The molecule has 0 aromatic carbocycles. The van der Waals surface area contributed by atoms with Crippen molar-refractivity contribution in [2.75, 3.05) is 19.8 Å². The second-order valence-corrected chi connectivity index (χ2v) is 6.54. The highest BCUT2D eigenvalue weighted by Gasteiger charge is 2.31. The van der Waals surface area contributed by atoms with Gasteiger partial charge in [0, 0.05) is 50.9 Å². The summed E-state index contributed by atoms with van der Waals surface area (Å²) in [6.07, 6.45) is 4.88. The maximum atomic E-state index is 5.71. The van der Waals surface area contributed by atoms with Crippen molar-refractivity contribution >= 4 is 0 Å². The van der Waals surface area contributed by atoms with E-state index in [-0.39, 0.29) is 0 Å². The fourth-order valence-corrected chi connectivity index (χ4v) is 2.94. The summed E-state index contributed by atoms with van der Waals surface area (Å²) in [4.78, 5) is 4.90. The third-order valence-electron chi connectivity index (χ3n) is 4.08. The average Bonchev–Trinajstić information content (AvgIpc) is 3.21. The van der Waals surface area contributed by atoms with Crippen LogP contribution >= 0.6 is 0 Å². The van der Waals surface area contributed by atoms with Crippen LogP contribution in [0.15, 0.2) is 0 Å². The molecule has 1 aliphatic carbocycles. The number of nitrogens with one attached hydrogen (secondary N) is 1. The van der Waals surface area contributed by atoms with E-state index < -0.39 is 0 Å². The minimum atomic E-state index is 0.629. The molecule has 1 aromatic heterocycles. The van der Waals surface area contributed by atoms with E-state index in [0.29, 0.717) is 5.92 Å². The van der Waals surface area contributed by atoms with Crippen molar-refractivity contribution in [2.45, 2.75) is 58.5 Å². The molecule has 112 valence electrons. The van der Waals surface area contributed by atoms with Gasteiger partial charge in [-0.3, -0.25) is 0 Å². The fraction of sp³-hybridized carbons (Fsp3) is 0.812. The van der Waals surface area contributed by atoms with Crippen molar-refractivity contribution in [3.63, 3.8) is 0 Å². The maximum Gasteiger partial charge on any atom is 0.112 e. The summed E-state index contributed by atoms with van der Waals surface area (Å²) in [6.45, 7) is 9.26. The van der Waals surface area contributed by atoms with Gasteiger partial charge in [-0.15, -0.1) is 0 Å². The van der Waals surface area contributed by atoms with Gasteiger partial charge in [-0.1, -0.05) is 13.8 Å². The number of ether oxygens (including phenoxy) is 1. The predicted octanol–water partition coefficient (Wildman–Crippen LogP) is 2.47. The molecular weight excluding hydrogens is 250 g/mol. The molecule has 20 heavy (non-hydrogen) atoms. The van der Waals surface area contributed by atoms with Gasteiger partial charge in [0.1, 0.15) is 5.82 Å². The maximum absolute atomic E-state index is 5.71. The number of rotatable bonds is 7. The van der Waals surface area contributed by atoms with Crippen LogP contribution in [-0.4, -0.2) is 29.3 Å². The highest BCUT2D eigenvalue weighted by molar-refractivity contribution is 5.24. The quantitative estimate of drug-likeness (QED) is 0.778. The zero-order valence-corrected chi connectivity index (χ0v) is 12.8. The average molecular weight is 277 g/mol. The van der Waals surface area contributed by atoms with E-state index in [0.717, 1.165) is 51.6 Å². The Balaban J connectivity index is 1.61. The van der Waals surface area contributed by atoms with E-state index in [2.05, 4.69) is 23.7 Å². The molecule has 1 N–H and O–H groups in total. The van der Waals surface area contributed by atoms with Crippen molar-refractivity contribution in [3.05, 3.63) is 17.2 Å². The number of fused-ring (bicyclic) bond motifs is 1. The molecule has 1 aromatic rings. The van der Waals surface area contributed by atoms with E-state index in [1.165, 1.54) is 30.1 Å². The molecule has 1 aliphatic heterocycles. The molecule has 4 heteroatoms. The Labute approximate surface area is 121 Å². The first-order valence-electron chi connectivity index (χ1n) is 8.12. The molecule has 2 aliphatic rings. The van der Waals surface area contributed by atoms with Gasteiger partial charge >= 0.3 is 0 Å². The lowest BCUT2D eigenvalue weighted by Crippen LogP contribution is -2.25. The first-order chi connectivity index (χ1) is 9.75. The zero-order chi connectivity index (χ0) is 13.9. The molecule has 0 unspecified atom stereocenters. The summed E-state index contributed by atoms with van der Waals surface area (Å²) in [5.41, 5.74) is 2.77. The van der Waals surface area contributed by atoms with E-state index in [4.69, 9.17) is 9.72 Å². The van der Waals surface area contributed by atoms with Crippen LogP contribution in [0.5, 0.6) is 0 Å². The van der Waals surface area contributed by atoms with Crippen LogP contribution in [0.1, 0.15) is 56.2 Å². The molecule has 0 radical (unpaired) electrons. The Morgan fingerprint density at radius 2 is 2.25 bits per heavy atom. The van der Waals surface area contributed by atoms with E-state index in [1.54, 1.807) is 0 Å². The SMILES string of the molecule is CC(C)COCCCn1c(C2CC2)nc2c1CCNC2. The smallest absolute Gasteiger partial charge is 0.112 e. The van der Waals surface area contributed by atoms with E-state index >= 15 is 0 Å². The number of nitrogens with zero attached hydrogens (tertiary/aromatic N) is 2. The monoisotopic (exact) mass is 277 g/mol. The molecule has 0 amide bonds. The van der Waals surface area contributed by atoms with Gasteiger partial charge in [-0.25, -0.2) is 4.98 Å².